The van der Waals surface area contributed by atoms with Crippen molar-refractivity contribution in [2.45, 2.75) is 19.4 Å². The molecule has 76 valence electrons. The van der Waals surface area contributed by atoms with E-state index in [1.165, 1.54) is 11.1 Å². The van der Waals surface area contributed by atoms with Gasteiger partial charge in [-0.3, -0.25) is 0 Å². The lowest BCUT2D eigenvalue weighted by atomic mass is 9.98. The average molecular weight is 192 g/mol. The van der Waals surface area contributed by atoms with Crippen LogP contribution in [0.4, 0.5) is 0 Å². The predicted molar refractivity (Wildman–Crippen MR) is 56.4 cm³/mol. The highest BCUT2D eigenvalue weighted by Crippen LogP contribution is 2.30. The minimum Gasteiger partial charge on any atom is -0.493 e. The summed E-state index contributed by atoms with van der Waals surface area (Å²) in [5.41, 5.74) is 15.1. The van der Waals surface area contributed by atoms with E-state index in [0.29, 0.717) is 6.54 Å². The summed E-state index contributed by atoms with van der Waals surface area (Å²) in [5, 5.41) is 0. The third-order valence-electron chi connectivity index (χ3n) is 2.73. The summed E-state index contributed by atoms with van der Waals surface area (Å²) in [4.78, 5) is 0. The van der Waals surface area contributed by atoms with Gasteiger partial charge in [0.2, 0.25) is 0 Å². The minimum atomic E-state index is -0.0547. The van der Waals surface area contributed by atoms with Crippen LogP contribution in [0.3, 0.4) is 0 Å². The fraction of sp³-hybridized carbons (Fsp3) is 0.455. The largest absolute Gasteiger partial charge is 0.493 e. The molecular weight excluding hydrogens is 176 g/mol. The number of rotatable bonds is 2. The zero-order valence-corrected chi connectivity index (χ0v) is 8.42. The van der Waals surface area contributed by atoms with Crippen molar-refractivity contribution in [3.8, 4) is 5.75 Å². The molecule has 0 spiro atoms. The normalized spacial score (nSPS) is 16.2. The molecule has 0 saturated carbocycles. The SMILES string of the molecule is Cc1cc2c(cc1C(N)CN)CCO2. The lowest BCUT2D eigenvalue weighted by Crippen LogP contribution is -2.21. The molecule has 0 fully saturated rings. The summed E-state index contributed by atoms with van der Waals surface area (Å²) in [7, 11) is 0. The second-order valence-electron chi connectivity index (χ2n) is 3.76. The first-order valence-electron chi connectivity index (χ1n) is 4.94. The molecular formula is C11H16N2O. The number of hydrogen-bond donors (Lipinski definition) is 2. The Kier molecular flexibility index (Phi) is 2.44. The van der Waals surface area contributed by atoms with Gasteiger partial charge in [-0.1, -0.05) is 6.07 Å². The van der Waals surface area contributed by atoms with Crippen molar-refractivity contribution in [2.24, 2.45) is 11.5 Å². The van der Waals surface area contributed by atoms with Crippen LogP contribution >= 0.6 is 0 Å². The van der Waals surface area contributed by atoms with E-state index in [1.54, 1.807) is 0 Å². The molecule has 1 atom stereocenters. The zero-order valence-electron chi connectivity index (χ0n) is 8.42. The van der Waals surface area contributed by atoms with Crippen molar-refractivity contribution in [3.63, 3.8) is 0 Å². The number of hydrogen-bond acceptors (Lipinski definition) is 3. The first-order chi connectivity index (χ1) is 6.72. The van der Waals surface area contributed by atoms with Crippen LogP contribution in [0.5, 0.6) is 5.75 Å². The Morgan fingerprint density at radius 3 is 3.00 bits per heavy atom. The molecule has 0 saturated heterocycles. The van der Waals surface area contributed by atoms with E-state index in [2.05, 4.69) is 12.1 Å². The maximum absolute atomic E-state index is 5.92. The van der Waals surface area contributed by atoms with Crippen molar-refractivity contribution < 1.29 is 4.74 Å². The van der Waals surface area contributed by atoms with Gasteiger partial charge < -0.3 is 16.2 Å². The molecule has 1 aromatic carbocycles. The van der Waals surface area contributed by atoms with E-state index in [0.717, 1.165) is 24.3 Å². The van der Waals surface area contributed by atoms with Gasteiger partial charge in [-0.05, 0) is 29.7 Å². The molecule has 1 heterocycles. The van der Waals surface area contributed by atoms with Crippen LogP contribution in [-0.4, -0.2) is 13.2 Å². The summed E-state index contributed by atoms with van der Waals surface area (Å²) in [5.74, 6) is 1.01. The first kappa shape index (κ1) is 9.49. The maximum atomic E-state index is 5.92. The van der Waals surface area contributed by atoms with Crippen molar-refractivity contribution >= 4 is 0 Å². The highest BCUT2D eigenvalue weighted by molar-refractivity contribution is 5.45. The van der Waals surface area contributed by atoms with Gasteiger partial charge in [0.05, 0.1) is 6.61 Å². The van der Waals surface area contributed by atoms with Crippen molar-refractivity contribution in [3.05, 3.63) is 28.8 Å². The van der Waals surface area contributed by atoms with Crippen molar-refractivity contribution in [1.82, 2.24) is 0 Å². The molecule has 14 heavy (non-hydrogen) atoms. The molecule has 2 rings (SSSR count). The van der Waals surface area contributed by atoms with Crippen LogP contribution in [0, 0.1) is 6.92 Å². The van der Waals surface area contributed by atoms with E-state index in [4.69, 9.17) is 16.2 Å². The van der Waals surface area contributed by atoms with Crippen molar-refractivity contribution in [1.29, 1.82) is 0 Å². The van der Waals surface area contributed by atoms with E-state index in [-0.39, 0.29) is 6.04 Å². The van der Waals surface area contributed by atoms with E-state index in [9.17, 15) is 0 Å². The monoisotopic (exact) mass is 192 g/mol. The Balaban J connectivity index is 2.42. The smallest absolute Gasteiger partial charge is 0.122 e. The molecule has 1 aliphatic rings. The second-order valence-corrected chi connectivity index (χ2v) is 3.76. The van der Waals surface area contributed by atoms with Gasteiger partial charge in [-0.2, -0.15) is 0 Å². The van der Waals surface area contributed by atoms with E-state index >= 15 is 0 Å². The highest BCUT2D eigenvalue weighted by atomic mass is 16.5. The van der Waals surface area contributed by atoms with Crippen LogP contribution < -0.4 is 16.2 Å². The lowest BCUT2D eigenvalue weighted by molar-refractivity contribution is 0.356. The molecule has 0 radical (unpaired) electrons. The third kappa shape index (κ3) is 1.49. The van der Waals surface area contributed by atoms with Crippen LogP contribution in [0.15, 0.2) is 12.1 Å². The molecule has 3 heteroatoms. The summed E-state index contributed by atoms with van der Waals surface area (Å²) in [6.45, 7) is 3.32. The summed E-state index contributed by atoms with van der Waals surface area (Å²) >= 11 is 0. The van der Waals surface area contributed by atoms with Gasteiger partial charge in [-0.15, -0.1) is 0 Å². The number of fused-ring (bicyclic) bond motifs is 1. The van der Waals surface area contributed by atoms with E-state index < -0.39 is 0 Å². The minimum absolute atomic E-state index is 0.0547. The highest BCUT2D eigenvalue weighted by Gasteiger charge is 2.16. The maximum Gasteiger partial charge on any atom is 0.122 e. The summed E-state index contributed by atoms with van der Waals surface area (Å²) in [6, 6.07) is 4.14. The Morgan fingerprint density at radius 2 is 2.29 bits per heavy atom. The molecule has 4 N–H and O–H groups in total. The molecule has 0 aromatic heterocycles. The van der Waals surface area contributed by atoms with Gasteiger partial charge >= 0.3 is 0 Å². The van der Waals surface area contributed by atoms with Crippen LogP contribution in [-0.2, 0) is 6.42 Å². The molecule has 1 aromatic rings. The number of aryl methyl sites for hydroxylation is 1. The van der Waals surface area contributed by atoms with E-state index in [1.807, 2.05) is 6.92 Å². The second kappa shape index (κ2) is 3.59. The van der Waals surface area contributed by atoms with Crippen LogP contribution in [0.1, 0.15) is 22.7 Å². The molecule has 1 unspecified atom stereocenters. The fourth-order valence-corrected chi connectivity index (χ4v) is 1.87. The summed E-state index contributed by atoms with van der Waals surface area (Å²) in [6.07, 6.45) is 0.986. The van der Waals surface area contributed by atoms with Gasteiger partial charge in [0.25, 0.3) is 0 Å². The Labute approximate surface area is 84.0 Å². The predicted octanol–water partition coefficient (Wildman–Crippen LogP) is 0.888. The molecule has 1 aliphatic heterocycles. The van der Waals surface area contributed by atoms with Gasteiger partial charge in [-0.25, -0.2) is 0 Å². The fourth-order valence-electron chi connectivity index (χ4n) is 1.87. The zero-order chi connectivity index (χ0) is 10.1. The molecule has 0 amide bonds. The Morgan fingerprint density at radius 1 is 1.50 bits per heavy atom. The standard InChI is InChI=1S/C11H16N2O/c1-7-4-11-8(2-3-14-11)5-9(7)10(13)6-12/h4-5,10H,2-3,6,12-13H2,1H3. The van der Waals surface area contributed by atoms with Gasteiger partial charge in [0, 0.05) is 19.0 Å². The van der Waals surface area contributed by atoms with Crippen molar-refractivity contribution in [2.75, 3.05) is 13.2 Å². The topological polar surface area (TPSA) is 61.3 Å². The van der Waals surface area contributed by atoms with Gasteiger partial charge in [0.15, 0.2) is 0 Å². The lowest BCUT2D eigenvalue weighted by Gasteiger charge is -2.14. The Bertz CT molecular complexity index is 349. The first-order valence-corrected chi connectivity index (χ1v) is 4.94. The Hall–Kier alpha value is -1.06. The average Bonchev–Trinajstić information content (AvgIpc) is 2.62. The molecule has 0 aliphatic carbocycles. The van der Waals surface area contributed by atoms with Gasteiger partial charge in [0.1, 0.15) is 5.75 Å². The quantitative estimate of drug-likeness (QED) is 0.731. The third-order valence-corrected chi connectivity index (χ3v) is 2.73. The molecule has 3 nitrogen and oxygen atoms in total. The number of nitrogens with two attached hydrogens (primary N) is 2. The van der Waals surface area contributed by atoms with Crippen LogP contribution in [0.25, 0.3) is 0 Å². The number of ether oxygens (including phenoxy) is 1. The van der Waals surface area contributed by atoms with Crippen LogP contribution in [0.2, 0.25) is 0 Å². The summed E-state index contributed by atoms with van der Waals surface area (Å²) < 4.78 is 5.48. The number of benzene rings is 1. The molecule has 0 bridgehead atoms.